The summed E-state index contributed by atoms with van der Waals surface area (Å²) in [5, 5.41) is 2.57. The minimum Gasteiger partial charge on any atom is -0.457 e. The van der Waals surface area contributed by atoms with Crippen LogP contribution in [-0.2, 0) is 19.1 Å². The smallest absolute Gasteiger partial charge is 0.318 e. The van der Waals surface area contributed by atoms with Gasteiger partial charge in [0.05, 0.1) is 6.54 Å². The maximum absolute atomic E-state index is 13.0. The number of benzene rings is 3. The van der Waals surface area contributed by atoms with Gasteiger partial charge < -0.3 is 19.7 Å². The number of likely N-dealkylation sites (N-methyl/N-ethyl adjacent to an activating group) is 1. The van der Waals surface area contributed by atoms with E-state index in [-0.39, 0.29) is 6.54 Å². The van der Waals surface area contributed by atoms with Gasteiger partial charge in [0, 0.05) is 23.9 Å². The molecule has 2 amide bonds. The van der Waals surface area contributed by atoms with Crippen molar-refractivity contribution in [1.29, 1.82) is 0 Å². The second-order valence-electron chi connectivity index (χ2n) is 7.52. The zero-order valence-electron chi connectivity index (χ0n) is 17.8. The van der Waals surface area contributed by atoms with Crippen LogP contribution in [0.1, 0.15) is 17.0 Å². The van der Waals surface area contributed by atoms with Gasteiger partial charge in [0.1, 0.15) is 23.2 Å². The Bertz CT molecular complexity index is 1150. The molecule has 168 valence electrons. The SMILES string of the molecule is CN(CC(=O)Nc1ccc(F)cc1)C(=O)COC(=O)C1c2ccccc2Oc2ccccc21. The number of carbonyl (C=O) groups is 3. The van der Waals surface area contributed by atoms with E-state index in [0.717, 1.165) is 4.90 Å². The predicted octanol–water partition coefficient (Wildman–Crippen LogP) is 3.70. The molecule has 0 aliphatic carbocycles. The fourth-order valence-electron chi connectivity index (χ4n) is 3.53. The molecule has 33 heavy (non-hydrogen) atoms. The Morgan fingerprint density at radius 2 is 1.52 bits per heavy atom. The lowest BCUT2D eigenvalue weighted by Crippen LogP contribution is -2.38. The lowest BCUT2D eigenvalue weighted by Gasteiger charge is -2.27. The number of hydrogen-bond donors (Lipinski definition) is 1. The molecule has 0 radical (unpaired) electrons. The highest BCUT2D eigenvalue weighted by atomic mass is 19.1. The van der Waals surface area contributed by atoms with Crippen molar-refractivity contribution in [3.8, 4) is 11.5 Å². The number of rotatable bonds is 6. The van der Waals surface area contributed by atoms with Gasteiger partial charge >= 0.3 is 5.97 Å². The van der Waals surface area contributed by atoms with Gasteiger partial charge in [0.2, 0.25) is 5.91 Å². The number of amides is 2. The molecule has 0 bridgehead atoms. The molecule has 0 aromatic heterocycles. The standard InChI is InChI=1S/C25H21FN2O5/c1-28(14-22(29)27-17-12-10-16(26)11-13-17)23(30)15-32-25(31)24-18-6-2-4-8-20(18)33-21-9-5-3-7-19(21)24/h2-13,24H,14-15H2,1H3,(H,27,29). The Morgan fingerprint density at radius 3 is 2.12 bits per heavy atom. The average molecular weight is 448 g/mol. The molecule has 7 nitrogen and oxygen atoms in total. The lowest BCUT2D eigenvalue weighted by molar-refractivity contribution is -0.152. The minimum atomic E-state index is -0.731. The summed E-state index contributed by atoms with van der Waals surface area (Å²) < 4.78 is 24.2. The van der Waals surface area contributed by atoms with E-state index < -0.39 is 36.1 Å². The molecule has 1 aliphatic rings. The largest absolute Gasteiger partial charge is 0.457 e. The van der Waals surface area contributed by atoms with Crippen LogP contribution < -0.4 is 10.1 Å². The van der Waals surface area contributed by atoms with Gasteiger partial charge in [0.15, 0.2) is 6.61 Å². The van der Waals surface area contributed by atoms with Gasteiger partial charge in [-0.25, -0.2) is 4.39 Å². The summed E-state index contributed by atoms with van der Waals surface area (Å²) in [6.45, 7) is -0.766. The number of para-hydroxylation sites is 2. The maximum Gasteiger partial charge on any atom is 0.318 e. The molecule has 1 heterocycles. The second-order valence-corrected chi connectivity index (χ2v) is 7.52. The Kier molecular flexibility index (Phi) is 6.35. The molecule has 3 aromatic carbocycles. The molecule has 3 aromatic rings. The van der Waals surface area contributed by atoms with Crippen LogP contribution in [0, 0.1) is 5.82 Å². The van der Waals surface area contributed by atoms with Crippen LogP contribution in [0.15, 0.2) is 72.8 Å². The third kappa shape index (κ3) is 5.01. The number of ether oxygens (including phenoxy) is 2. The predicted molar refractivity (Wildman–Crippen MR) is 118 cm³/mol. The summed E-state index contributed by atoms with van der Waals surface area (Å²) in [6, 6.07) is 19.6. The van der Waals surface area contributed by atoms with Gasteiger partial charge in [-0.1, -0.05) is 36.4 Å². The van der Waals surface area contributed by atoms with Gasteiger partial charge in [-0.2, -0.15) is 0 Å². The van der Waals surface area contributed by atoms with E-state index in [0.29, 0.717) is 28.3 Å². The third-order valence-corrected chi connectivity index (χ3v) is 5.19. The van der Waals surface area contributed by atoms with Crippen molar-refractivity contribution in [2.45, 2.75) is 5.92 Å². The topological polar surface area (TPSA) is 84.9 Å². The van der Waals surface area contributed by atoms with Crippen LogP contribution in [0.4, 0.5) is 10.1 Å². The Morgan fingerprint density at radius 1 is 0.939 bits per heavy atom. The van der Waals surface area contributed by atoms with Crippen molar-refractivity contribution in [3.63, 3.8) is 0 Å². The summed E-state index contributed by atoms with van der Waals surface area (Å²) in [7, 11) is 1.43. The normalized spacial score (nSPS) is 12.1. The molecule has 0 saturated carbocycles. The van der Waals surface area contributed by atoms with Crippen molar-refractivity contribution in [3.05, 3.63) is 89.7 Å². The maximum atomic E-state index is 13.0. The molecule has 0 fully saturated rings. The highest BCUT2D eigenvalue weighted by Crippen LogP contribution is 2.44. The first-order valence-electron chi connectivity index (χ1n) is 10.2. The zero-order valence-corrected chi connectivity index (χ0v) is 17.8. The average Bonchev–Trinajstić information content (AvgIpc) is 2.82. The van der Waals surface area contributed by atoms with Crippen molar-refractivity contribution in [1.82, 2.24) is 4.90 Å². The van der Waals surface area contributed by atoms with E-state index in [1.54, 1.807) is 36.4 Å². The Balaban J connectivity index is 1.37. The highest BCUT2D eigenvalue weighted by molar-refractivity contribution is 5.95. The van der Waals surface area contributed by atoms with E-state index in [4.69, 9.17) is 9.47 Å². The summed E-state index contributed by atoms with van der Waals surface area (Å²) in [5.41, 5.74) is 1.71. The molecule has 0 saturated heterocycles. The van der Waals surface area contributed by atoms with Crippen LogP contribution >= 0.6 is 0 Å². The van der Waals surface area contributed by atoms with Crippen molar-refractivity contribution in [2.24, 2.45) is 0 Å². The van der Waals surface area contributed by atoms with Gasteiger partial charge in [-0.3, -0.25) is 14.4 Å². The van der Waals surface area contributed by atoms with Gasteiger partial charge in [0.25, 0.3) is 5.91 Å². The molecule has 0 spiro atoms. The Hall–Kier alpha value is -4.20. The first-order valence-corrected chi connectivity index (χ1v) is 10.2. The molecule has 0 atom stereocenters. The van der Waals surface area contributed by atoms with Crippen LogP contribution in [0.3, 0.4) is 0 Å². The summed E-state index contributed by atoms with van der Waals surface area (Å²) >= 11 is 0. The van der Waals surface area contributed by atoms with Crippen molar-refractivity contribution >= 4 is 23.5 Å². The number of hydrogen-bond acceptors (Lipinski definition) is 5. The molecule has 1 aliphatic heterocycles. The van der Waals surface area contributed by atoms with E-state index in [2.05, 4.69) is 5.32 Å². The van der Waals surface area contributed by atoms with E-state index in [9.17, 15) is 18.8 Å². The second kappa shape index (κ2) is 9.52. The van der Waals surface area contributed by atoms with Crippen LogP contribution in [0.25, 0.3) is 0 Å². The third-order valence-electron chi connectivity index (χ3n) is 5.19. The number of carbonyl (C=O) groups excluding carboxylic acids is 3. The number of fused-ring (bicyclic) bond motifs is 2. The number of esters is 1. The van der Waals surface area contributed by atoms with Crippen LogP contribution in [0.5, 0.6) is 11.5 Å². The number of halogens is 1. The fourth-order valence-corrected chi connectivity index (χ4v) is 3.53. The summed E-state index contributed by atoms with van der Waals surface area (Å²) in [4.78, 5) is 38.7. The molecular formula is C25H21FN2O5. The molecule has 4 rings (SSSR count). The number of nitrogens with one attached hydrogen (secondary N) is 1. The van der Waals surface area contributed by atoms with E-state index in [1.807, 2.05) is 12.1 Å². The molecule has 1 N–H and O–H groups in total. The molecule has 8 heteroatoms. The first-order chi connectivity index (χ1) is 15.9. The van der Waals surface area contributed by atoms with Crippen molar-refractivity contribution in [2.75, 3.05) is 25.5 Å². The van der Waals surface area contributed by atoms with Gasteiger partial charge in [-0.05, 0) is 36.4 Å². The lowest BCUT2D eigenvalue weighted by atomic mass is 9.88. The van der Waals surface area contributed by atoms with E-state index in [1.165, 1.54) is 31.3 Å². The fraction of sp³-hybridized carbons (Fsp3) is 0.160. The summed E-state index contributed by atoms with van der Waals surface area (Å²) in [6.07, 6.45) is 0. The van der Waals surface area contributed by atoms with Crippen molar-refractivity contribution < 1.29 is 28.2 Å². The number of anilines is 1. The Labute approximate surface area is 189 Å². The number of nitrogens with zero attached hydrogens (tertiary/aromatic N) is 1. The van der Waals surface area contributed by atoms with E-state index >= 15 is 0 Å². The summed E-state index contributed by atoms with van der Waals surface area (Å²) in [5.74, 6) is -1.63. The van der Waals surface area contributed by atoms with Crippen LogP contribution in [0.2, 0.25) is 0 Å². The first kappa shape index (κ1) is 22.0. The molecular weight excluding hydrogens is 427 g/mol. The zero-order chi connectivity index (χ0) is 23.4. The van der Waals surface area contributed by atoms with Crippen LogP contribution in [-0.4, -0.2) is 42.9 Å². The monoisotopic (exact) mass is 448 g/mol. The highest BCUT2D eigenvalue weighted by Gasteiger charge is 2.34. The minimum absolute atomic E-state index is 0.253. The molecule has 0 unspecified atom stereocenters. The van der Waals surface area contributed by atoms with Gasteiger partial charge in [-0.15, -0.1) is 0 Å². The quantitative estimate of drug-likeness (QED) is 0.582.